The van der Waals surface area contributed by atoms with Crippen LogP contribution in [0.15, 0.2) is 12.3 Å². The summed E-state index contributed by atoms with van der Waals surface area (Å²) < 4.78 is 13.3. The Kier molecular flexibility index (Phi) is 14.5. The maximum absolute atomic E-state index is 10.4. The Labute approximate surface area is 211 Å². The smallest absolute Gasteiger partial charge is 0.0947 e. The number of nitrogens with zero attached hydrogens (tertiary/aromatic N) is 3. The monoisotopic (exact) mass is 489 g/mol. The van der Waals surface area contributed by atoms with Crippen LogP contribution in [0.5, 0.6) is 0 Å². The van der Waals surface area contributed by atoms with Gasteiger partial charge in [-0.15, -0.1) is 0 Å². The van der Waals surface area contributed by atoms with E-state index in [-0.39, 0.29) is 11.1 Å². The lowest BCUT2D eigenvalue weighted by Gasteiger charge is -2.42. The number of hydrogen-bond donors (Lipinski definition) is 2. The van der Waals surface area contributed by atoms with Crippen molar-refractivity contribution in [2.75, 3.05) is 80.8 Å². The van der Waals surface area contributed by atoms with Gasteiger partial charge in [0, 0.05) is 25.9 Å². The minimum Gasteiger partial charge on any atom is -0.389 e. The second kappa shape index (κ2) is 14.8. The molecule has 34 heavy (non-hydrogen) atoms. The van der Waals surface area contributed by atoms with Gasteiger partial charge in [-0.2, -0.15) is 0 Å². The Bertz CT molecular complexity index is 521. The van der Waals surface area contributed by atoms with Crippen molar-refractivity contribution < 1.29 is 28.7 Å². The van der Waals surface area contributed by atoms with E-state index in [0.717, 1.165) is 34.9 Å². The molecule has 0 rings (SSSR count). The Hall–Kier alpha value is -0.700. The van der Waals surface area contributed by atoms with E-state index in [9.17, 15) is 10.2 Å². The van der Waals surface area contributed by atoms with Gasteiger partial charge in [-0.3, -0.25) is 0 Å². The summed E-state index contributed by atoms with van der Waals surface area (Å²) in [7, 11) is 8.96. The van der Waals surface area contributed by atoms with E-state index >= 15 is 0 Å². The minimum atomic E-state index is -0.605. The highest BCUT2D eigenvalue weighted by Crippen LogP contribution is 2.20. The molecule has 0 aromatic rings. The van der Waals surface area contributed by atoms with Crippen molar-refractivity contribution in [3.63, 3.8) is 0 Å². The van der Waals surface area contributed by atoms with Crippen molar-refractivity contribution in [1.29, 1.82) is 0 Å². The average Bonchev–Trinajstić information content (AvgIpc) is 2.65. The highest BCUT2D eigenvalue weighted by atomic mass is 16.5. The van der Waals surface area contributed by atoms with E-state index in [1.54, 1.807) is 0 Å². The summed E-state index contributed by atoms with van der Waals surface area (Å²) in [6.45, 7) is 20.2. The van der Waals surface area contributed by atoms with Crippen LogP contribution in [0.2, 0.25) is 0 Å². The van der Waals surface area contributed by atoms with Gasteiger partial charge >= 0.3 is 0 Å². The summed E-state index contributed by atoms with van der Waals surface area (Å²) in [5.74, 6) is 0. The number of allylic oxidation sites excluding steroid dienone is 1. The highest BCUT2D eigenvalue weighted by Gasteiger charge is 2.31. The van der Waals surface area contributed by atoms with E-state index in [2.05, 4.69) is 69.7 Å². The van der Waals surface area contributed by atoms with E-state index < -0.39 is 12.2 Å². The molecular formula is C27H59N3O4+2. The first-order valence-electron chi connectivity index (χ1n) is 13.0. The van der Waals surface area contributed by atoms with Crippen LogP contribution in [-0.2, 0) is 9.47 Å². The number of rotatable bonds is 17. The van der Waals surface area contributed by atoms with Gasteiger partial charge in [0.1, 0.15) is 0 Å². The molecule has 0 aliphatic rings. The van der Waals surface area contributed by atoms with Gasteiger partial charge in [0.15, 0.2) is 0 Å². The minimum absolute atomic E-state index is 0.194. The fourth-order valence-electron chi connectivity index (χ4n) is 3.29. The lowest BCUT2D eigenvalue weighted by molar-refractivity contribution is -0.935. The average molecular weight is 490 g/mol. The Balaban J connectivity index is 4.23. The standard InChI is InChI=1S/C27H59N3O4/c1-12-15-28(20-24(31)22-33-18-13-16-29(8,9)26(2,3)4)21-25(32)23-34-19-14-17-30(10,11)27(5,6)7/h12,15,24-25,31-32H,13-14,16-23H2,1-11H3/q+2. The van der Waals surface area contributed by atoms with Crippen LogP contribution in [-0.4, -0.2) is 128 Å². The van der Waals surface area contributed by atoms with Crippen LogP contribution >= 0.6 is 0 Å². The van der Waals surface area contributed by atoms with Gasteiger partial charge in [-0.05, 0) is 54.7 Å². The molecule has 0 aromatic heterocycles. The number of aliphatic hydroxyl groups is 2. The summed E-state index contributed by atoms with van der Waals surface area (Å²) in [6, 6.07) is 0. The van der Waals surface area contributed by atoms with Gasteiger partial charge in [0.05, 0.1) is 91.0 Å². The van der Waals surface area contributed by atoms with Gasteiger partial charge < -0.3 is 33.6 Å². The van der Waals surface area contributed by atoms with E-state index in [0.29, 0.717) is 39.5 Å². The third-order valence-corrected chi connectivity index (χ3v) is 7.51. The highest BCUT2D eigenvalue weighted by molar-refractivity contribution is 4.82. The van der Waals surface area contributed by atoms with Crippen LogP contribution in [0.4, 0.5) is 0 Å². The molecule has 2 N–H and O–H groups in total. The van der Waals surface area contributed by atoms with Crippen molar-refractivity contribution in [2.45, 2.75) is 84.6 Å². The first-order chi connectivity index (χ1) is 15.4. The van der Waals surface area contributed by atoms with Crippen molar-refractivity contribution >= 4 is 0 Å². The van der Waals surface area contributed by atoms with E-state index in [1.165, 1.54) is 0 Å². The normalized spacial score (nSPS) is 15.7. The molecule has 2 unspecified atom stereocenters. The van der Waals surface area contributed by atoms with Crippen LogP contribution in [0.3, 0.4) is 0 Å². The molecule has 0 radical (unpaired) electrons. The predicted octanol–water partition coefficient (Wildman–Crippen LogP) is 3.11. The summed E-state index contributed by atoms with van der Waals surface area (Å²) >= 11 is 0. The second-order valence-corrected chi connectivity index (χ2v) is 12.8. The zero-order valence-electron chi connectivity index (χ0n) is 24.4. The fourth-order valence-corrected chi connectivity index (χ4v) is 3.29. The zero-order chi connectivity index (χ0) is 26.6. The van der Waals surface area contributed by atoms with Crippen LogP contribution in [0.25, 0.3) is 0 Å². The Morgan fingerprint density at radius 1 is 0.735 bits per heavy atom. The zero-order valence-corrected chi connectivity index (χ0v) is 24.4. The van der Waals surface area contributed by atoms with Crippen molar-refractivity contribution in [1.82, 2.24) is 4.90 Å². The molecule has 2 atom stereocenters. The van der Waals surface area contributed by atoms with Crippen molar-refractivity contribution in [3.05, 3.63) is 12.3 Å². The molecular weight excluding hydrogens is 430 g/mol. The second-order valence-electron chi connectivity index (χ2n) is 12.8. The first-order valence-corrected chi connectivity index (χ1v) is 13.0. The fraction of sp³-hybridized carbons (Fsp3) is 0.926. The lowest BCUT2D eigenvalue weighted by atomic mass is 10.0. The predicted molar refractivity (Wildman–Crippen MR) is 143 cm³/mol. The third kappa shape index (κ3) is 13.4. The molecule has 0 saturated carbocycles. The SMILES string of the molecule is CC=CN(CC(O)COCCC[N+](C)(C)C(C)(C)C)CC(O)COCCC[N+](C)(C)C(C)(C)C. The molecule has 0 heterocycles. The number of aliphatic hydroxyl groups excluding tert-OH is 2. The van der Waals surface area contributed by atoms with Crippen LogP contribution in [0.1, 0.15) is 61.3 Å². The van der Waals surface area contributed by atoms with Gasteiger partial charge in [0.2, 0.25) is 0 Å². The van der Waals surface area contributed by atoms with Crippen molar-refractivity contribution in [2.24, 2.45) is 0 Å². The molecule has 204 valence electrons. The topological polar surface area (TPSA) is 62.2 Å². The van der Waals surface area contributed by atoms with Gasteiger partial charge in [-0.25, -0.2) is 0 Å². The van der Waals surface area contributed by atoms with Crippen LogP contribution in [0, 0.1) is 0 Å². The largest absolute Gasteiger partial charge is 0.389 e. The lowest BCUT2D eigenvalue weighted by Crippen LogP contribution is -2.54. The van der Waals surface area contributed by atoms with Crippen molar-refractivity contribution in [3.8, 4) is 0 Å². The molecule has 0 bridgehead atoms. The van der Waals surface area contributed by atoms with E-state index in [1.807, 2.05) is 24.1 Å². The molecule has 0 aromatic carbocycles. The molecule has 0 aliphatic carbocycles. The Morgan fingerprint density at radius 3 is 1.38 bits per heavy atom. The molecule has 0 amide bonds. The quantitative estimate of drug-likeness (QED) is 0.243. The third-order valence-electron chi connectivity index (χ3n) is 7.51. The number of quaternary nitrogens is 2. The number of ether oxygens (including phenoxy) is 2. The first kappa shape index (κ1) is 33.3. The Morgan fingerprint density at radius 2 is 1.09 bits per heavy atom. The summed E-state index contributed by atoms with van der Waals surface area (Å²) in [5, 5.41) is 20.8. The maximum Gasteiger partial charge on any atom is 0.0947 e. The summed E-state index contributed by atoms with van der Waals surface area (Å²) in [4.78, 5) is 1.93. The molecule has 0 spiro atoms. The van der Waals surface area contributed by atoms with Crippen LogP contribution < -0.4 is 0 Å². The van der Waals surface area contributed by atoms with Gasteiger partial charge in [-0.1, -0.05) is 6.08 Å². The molecule has 7 heteroatoms. The van der Waals surface area contributed by atoms with E-state index in [4.69, 9.17) is 9.47 Å². The summed E-state index contributed by atoms with van der Waals surface area (Å²) in [6.07, 6.45) is 4.52. The molecule has 0 fully saturated rings. The summed E-state index contributed by atoms with van der Waals surface area (Å²) in [5.41, 5.74) is 0.387. The maximum atomic E-state index is 10.4. The molecule has 7 nitrogen and oxygen atoms in total. The molecule has 0 saturated heterocycles. The molecule has 0 aliphatic heterocycles. The van der Waals surface area contributed by atoms with Gasteiger partial charge in [0.25, 0.3) is 0 Å². The number of hydrogen-bond acceptors (Lipinski definition) is 5.